The molecule has 0 aromatic rings. The van der Waals surface area contributed by atoms with Crippen molar-refractivity contribution >= 4 is 17.9 Å². The van der Waals surface area contributed by atoms with E-state index >= 15 is 0 Å². The first-order chi connectivity index (χ1) is 27.9. The zero-order valence-electron chi connectivity index (χ0n) is 38.8. The number of carbonyl (C=O) groups excluding carboxylic acids is 3. The van der Waals surface area contributed by atoms with Crippen LogP contribution in [0.2, 0.25) is 0 Å². The molecule has 0 aromatic carbocycles. The fourth-order valence-corrected chi connectivity index (χ4v) is 7.66. The van der Waals surface area contributed by atoms with E-state index in [2.05, 4.69) is 27.7 Å². The van der Waals surface area contributed by atoms with E-state index in [1.54, 1.807) is 0 Å². The van der Waals surface area contributed by atoms with Crippen LogP contribution in [0.4, 0.5) is 0 Å². The normalized spacial score (nSPS) is 12.4. The summed E-state index contributed by atoms with van der Waals surface area (Å²) in [7, 11) is 0. The fraction of sp³-hybridized carbons (Fsp3) is 0.941. The summed E-state index contributed by atoms with van der Waals surface area (Å²) in [5, 5.41) is 0. The number of hydrogen-bond donors (Lipinski definition) is 0. The predicted octanol–water partition coefficient (Wildman–Crippen LogP) is 16.3. The second-order valence-electron chi connectivity index (χ2n) is 17.7. The maximum atomic E-state index is 12.8. The summed E-state index contributed by atoms with van der Waals surface area (Å²) >= 11 is 0. The molecule has 0 saturated heterocycles. The van der Waals surface area contributed by atoms with Gasteiger partial charge >= 0.3 is 17.9 Å². The topological polar surface area (TPSA) is 78.9 Å². The lowest BCUT2D eigenvalue weighted by molar-refractivity contribution is -0.167. The minimum Gasteiger partial charge on any atom is -0.462 e. The van der Waals surface area contributed by atoms with Crippen LogP contribution in [-0.4, -0.2) is 37.2 Å². The molecule has 0 heterocycles. The Bertz CT molecular complexity index is 859. The lowest BCUT2D eigenvalue weighted by atomic mass is 10.00. The van der Waals surface area contributed by atoms with Gasteiger partial charge in [0.2, 0.25) is 0 Å². The van der Waals surface area contributed by atoms with Crippen LogP contribution in [0.3, 0.4) is 0 Å². The van der Waals surface area contributed by atoms with E-state index in [0.29, 0.717) is 19.3 Å². The van der Waals surface area contributed by atoms with E-state index in [-0.39, 0.29) is 31.1 Å². The molecular weight excluding hydrogens is 709 g/mol. The number of hydrogen-bond acceptors (Lipinski definition) is 6. The maximum Gasteiger partial charge on any atom is 0.306 e. The van der Waals surface area contributed by atoms with E-state index in [9.17, 15) is 14.4 Å². The Morgan fingerprint density at radius 3 is 0.912 bits per heavy atom. The molecule has 0 aliphatic rings. The van der Waals surface area contributed by atoms with Gasteiger partial charge in [-0.25, -0.2) is 0 Å². The van der Waals surface area contributed by atoms with Crippen molar-refractivity contribution in [2.24, 2.45) is 5.92 Å². The molecule has 1 unspecified atom stereocenters. The van der Waals surface area contributed by atoms with Gasteiger partial charge in [-0.1, -0.05) is 246 Å². The minimum absolute atomic E-state index is 0.0635. The molecule has 0 N–H and O–H groups in total. The van der Waals surface area contributed by atoms with Crippen molar-refractivity contribution in [3.05, 3.63) is 0 Å². The van der Waals surface area contributed by atoms with Crippen molar-refractivity contribution in [3.63, 3.8) is 0 Å². The highest BCUT2D eigenvalue weighted by Gasteiger charge is 2.19. The second-order valence-corrected chi connectivity index (χ2v) is 17.7. The number of unbranched alkanes of at least 4 members (excludes halogenated alkanes) is 32. The van der Waals surface area contributed by atoms with Gasteiger partial charge < -0.3 is 14.2 Å². The Morgan fingerprint density at radius 2 is 0.614 bits per heavy atom. The molecule has 0 radical (unpaired) electrons. The van der Waals surface area contributed by atoms with Gasteiger partial charge in [0.25, 0.3) is 0 Å². The van der Waals surface area contributed by atoms with Gasteiger partial charge in [-0.15, -0.1) is 0 Å². The number of carbonyl (C=O) groups is 3. The zero-order valence-corrected chi connectivity index (χ0v) is 38.8. The SMILES string of the molecule is CCCCCCCCCCCCCCCCCC(=O)OC[C@H](COC(=O)CCCCCCCCC(C)CC)OC(=O)CCCCCCCCCCCCCCCC. The Labute approximate surface area is 355 Å². The smallest absolute Gasteiger partial charge is 0.306 e. The van der Waals surface area contributed by atoms with Gasteiger partial charge in [-0.05, 0) is 25.2 Å². The summed E-state index contributed by atoms with van der Waals surface area (Å²) in [6.45, 7) is 9.00. The second kappa shape index (κ2) is 45.5. The van der Waals surface area contributed by atoms with Gasteiger partial charge in [-0.2, -0.15) is 0 Å². The lowest BCUT2D eigenvalue weighted by Crippen LogP contribution is -2.30. The summed E-state index contributed by atoms with van der Waals surface area (Å²) in [6, 6.07) is 0. The minimum atomic E-state index is -0.761. The molecule has 0 amide bonds. The number of esters is 3. The number of ether oxygens (including phenoxy) is 3. The third kappa shape index (κ3) is 43.8. The van der Waals surface area contributed by atoms with Crippen molar-refractivity contribution in [3.8, 4) is 0 Å². The molecule has 338 valence electrons. The highest BCUT2D eigenvalue weighted by molar-refractivity contribution is 5.71. The largest absolute Gasteiger partial charge is 0.462 e. The van der Waals surface area contributed by atoms with Crippen molar-refractivity contribution in [1.82, 2.24) is 0 Å². The first kappa shape index (κ1) is 55.4. The summed E-state index contributed by atoms with van der Waals surface area (Å²) < 4.78 is 16.8. The summed E-state index contributed by atoms with van der Waals surface area (Å²) in [4.78, 5) is 37.9. The molecule has 0 spiro atoms. The van der Waals surface area contributed by atoms with Crippen LogP contribution < -0.4 is 0 Å². The van der Waals surface area contributed by atoms with Crippen molar-refractivity contribution in [2.45, 2.75) is 291 Å². The first-order valence-electron chi connectivity index (χ1n) is 25.4. The van der Waals surface area contributed by atoms with Crippen LogP contribution in [0.15, 0.2) is 0 Å². The molecule has 0 bridgehead atoms. The Hall–Kier alpha value is -1.59. The van der Waals surface area contributed by atoms with Gasteiger partial charge in [0, 0.05) is 19.3 Å². The summed E-state index contributed by atoms with van der Waals surface area (Å²) in [5.74, 6) is -0.0341. The van der Waals surface area contributed by atoms with Crippen LogP contribution in [0, 0.1) is 5.92 Å². The zero-order chi connectivity index (χ0) is 41.7. The predicted molar refractivity (Wildman–Crippen MR) is 243 cm³/mol. The molecule has 6 nitrogen and oxygen atoms in total. The molecule has 57 heavy (non-hydrogen) atoms. The van der Waals surface area contributed by atoms with E-state index in [0.717, 1.165) is 63.7 Å². The third-order valence-electron chi connectivity index (χ3n) is 11.9. The van der Waals surface area contributed by atoms with Gasteiger partial charge in [0.1, 0.15) is 13.2 Å². The molecule has 2 atom stereocenters. The maximum absolute atomic E-state index is 12.8. The van der Waals surface area contributed by atoms with E-state index in [1.165, 1.54) is 180 Å². The first-order valence-corrected chi connectivity index (χ1v) is 25.4. The monoisotopic (exact) mass is 807 g/mol. The van der Waals surface area contributed by atoms with E-state index < -0.39 is 6.10 Å². The lowest BCUT2D eigenvalue weighted by Gasteiger charge is -2.18. The highest BCUT2D eigenvalue weighted by atomic mass is 16.6. The molecular formula is C51H98O6. The fourth-order valence-electron chi connectivity index (χ4n) is 7.66. The van der Waals surface area contributed by atoms with Crippen LogP contribution in [0.25, 0.3) is 0 Å². The molecule has 0 saturated carbocycles. The number of rotatable bonds is 46. The molecule has 0 fully saturated rings. The van der Waals surface area contributed by atoms with Crippen LogP contribution in [0.5, 0.6) is 0 Å². The van der Waals surface area contributed by atoms with Crippen molar-refractivity contribution < 1.29 is 28.6 Å². The van der Waals surface area contributed by atoms with E-state index in [4.69, 9.17) is 14.2 Å². The summed E-state index contributed by atoms with van der Waals surface area (Å²) in [6.07, 6.45) is 46.6. The quantitative estimate of drug-likeness (QED) is 0.0346. The highest BCUT2D eigenvalue weighted by Crippen LogP contribution is 2.17. The van der Waals surface area contributed by atoms with E-state index in [1.807, 2.05) is 0 Å². The van der Waals surface area contributed by atoms with Crippen molar-refractivity contribution in [1.29, 1.82) is 0 Å². The average molecular weight is 807 g/mol. The Balaban J connectivity index is 4.30. The molecule has 6 heteroatoms. The van der Waals surface area contributed by atoms with Crippen LogP contribution in [-0.2, 0) is 28.6 Å². The summed E-state index contributed by atoms with van der Waals surface area (Å²) in [5.41, 5.74) is 0. The average Bonchev–Trinajstić information content (AvgIpc) is 3.21. The van der Waals surface area contributed by atoms with Crippen LogP contribution >= 0.6 is 0 Å². The van der Waals surface area contributed by atoms with Crippen LogP contribution in [0.1, 0.15) is 285 Å². The Morgan fingerprint density at radius 1 is 0.351 bits per heavy atom. The Kier molecular flexibility index (Phi) is 44.2. The standard InChI is InChI=1S/C51H98O6/c1-5-8-10-12-14-16-18-20-22-24-25-27-29-34-38-42-49(52)55-45-48(46-56-50(53)43-39-35-32-31-33-37-41-47(4)7-3)57-51(54)44-40-36-30-28-26-23-21-19-17-15-13-11-9-6-2/h47-48H,5-46H2,1-4H3/t47?,48-/m1/s1. The molecule has 0 aliphatic heterocycles. The molecule has 0 rings (SSSR count). The van der Waals surface area contributed by atoms with Gasteiger partial charge in [-0.3, -0.25) is 14.4 Å². The van der Waals surface area contributed by atoms with Gasteiger partial charge in [0.15, 0.2) is 6.10 Å². The van der Waals surface area contributed by atoms with Gasteiger partial charge in [0.05, 0.1) is 0 Å². The van der Waals surface area contributed by atoms with Crippen molar-refractivity contribution in [2.75, 3.05) is 13.2 Å². The molecule has 0 aromatic heterocycles. The molecule has 0 aliphatic carbocycles. The third-order valence-corrected chi connectivity index (χ3v) is 11.9.